The van der Waals surface area contributed by atoms with Gasteiger partial charge in [-0.25, -0.2) is 0 Å². The third-order valence-corrected chi connectivity index (χ3v) is 4.26. The molecule has 1 N–H and O–H groups in total. The second-order valence-corrected chi connectivity index (χ2v) is 7.72. The van der Waals surface area contributed by atoms with Gasteiger partial charge < -0.3 is 5.32 Å². The summed E-state index contributed by atoms with van der Waals surface area (Å²) in [4.78, 5) is 13.3. The number of rotatable bonds is 5. The second-order valence-electron chi connectivity index (χ2n) is 5.19. The summed E-state index contributed by atoms with van der Waals surface area (Å²) in [5, 5.41) is 4.35. The number of halogens is 2. The zero-order valence-corrected chi connectivity index (χ0v) is 14.7. The van der Waals surface area contributed by atoms with Crippen molar-refractivity contribution in [2.45, 2.75) is 30.4 Å². The molecule has 116 valence electrons. The molecule has 0 saturated carbocycles. The lowest BCUT2D eigenvalue weighted by Crippen LogP contribution is -2.14. The Morgan fingerprint density at radius 3 is 2.23 bits per heavy atom. The van der Waals surface area contributed by atoms with Gasteiger partial charge in [-0.15, -0.1) is 11.8 Å². The second kappa shape index (κ2) is 7.91. The van der Waals surface area contributed by atoms with Crippen LogP contribution >= 0.6 is 35.0 Å². The molecule has 2 nitrogen and oxygen atoms in total. The molecule has 0 bridgehead atoms. The van der Waals surface area contributed by atoms with E-state index in [9.17, 15) is 4.79 Å². The van der Waals surface area contributed by atoms with Crippen LogP contribution in [0.1, 0.15) is 19.4 Å². The highest BCUT2D eigenvalue weighted by Gasteiger charge is 2.06. The molecule has 2 aromatic carbocycles. The van der Waals surface area contributed by atoms with Gasteiger partial charge in [-0.3, -0.25) is 4.79 Å². The van der Waals surface area contributed by atoms with Gasteiger partial charge in [-0.2, -0.15) is 0 Å². The predicted octanol–water partition coefficient (Wildman–Crippen LogP) is 5.68. The van der Waals surface area contributed by atoms with E-state index in [-0.39, 0.29) is 5.91 Å². The van der Waals surface area contributed by atoms with Crippen LogP contribution in [-0.2, 0) is 11.2 Å². The SMILES string of the molecule is CC(C)Sc1ccc(CC(=O)Nc2cc(Cl)cc(Cl)c2)cc1. The van der Waals surface area contributed by atoms with E-state index in [1.165, 1.54) is 4.90 Å². The van der Waals surface area contributed by atoms with Crippen LogP contribution in [0.3, 0.4) is 0 Å². The third-order valence-electron chi connectivity index (χ3n) is 2.81. The summed E-state index contributed by atoms with van der Waals surface area (Å²) in [5.41, 5.74) is 1.58. The van der Waals surface area contributed by atoms with Gasteiger partial charge >= 0.3 is 0 Å². The Balaban J connectivity index is 1.96. The van der Waals surface area contributed by atoms with Crippen molar-refractivity contribution in [3.63, 3.8) is 0 Å². The molecule has 5 heteroatoms. The Kier molecular flexibility index (Phi) is 6.18. The first kappa shape index (κ1) is 17.2. The lowest BCUT2D eigenvalue weighted by Gasteiger charge is -2.08. The zero-order valence-electron chi connectivity index (χ0n) is 12.4. The van der Waals surface area contributed by atoms with Gasteiger partial charge in [0.1, 0.15) is 0 Å². The van der Waals surface area contributed by atoms with Gasteiger partial charge in [0.15, 0.2) is 0 Å². The van der Waals surface area contributed by atoms with Crippen molar-refractivity contribution >= 4 is 46.6 Å². The fourth-order valence-electron chi connectivity index (χ4n) is 1.97. The fourth-order valence-corrected chi connectivity index (χ4v) is 3.34. The minimum absolute atomic E-state index is 0.0948. The number of nitrogens with one attached hydrogen (secondary N) is 1. The van der Waals surface area contributed by atoms with Crippen LogP contribution in [0.25, 0.3) is 0 Å². The maximum atomic E-state index is 12.1. The number of anilines is 1. The number of hydrogen-bond acceptors (Lipinski definition) is 2. The summed E-state index contributed by atoms with van der Waals surface area (Å²) in [5.74, 6) is -0.0948. The summed E-state index contributed by atoms with van der Waals surface area (Å²) < 4.78 is 0. The summed E-state index contributed by atoms with van der Waals surface area (Å²) in [6.45, 7) is 4.31. The van der Waals surface area contributed by atoms with Gasteiger partial charge in [0, 0.05) is 25.9 Å². The fraction of sp³-hybridized carbons (Fsp3) is 0.235. The molecular formula is C17H17Cl2NOS. The average molecular weight is 354 g/mol. The van der Waals surface area contributed by atoms with Gasteiger partial charge in [0.2, 0.25) is 5.91 Å². The minimum atomic E-state index is -0.0948. The van der Waals surface area contributed by atoms with Crippen LogP contribution < -0.4 is 5.32 Å². The molecule has 0 unspecified atom stereocenters. The number of benzene rings is 2. The molecule has 0 saturated heterocycles. The average Bonchev–Trinajstić information content (AvgIpc) is 2.39. The number of carbonyl (C=O) groups excluding carboxylic acids is 1. The maximum absolute atomic E-state index is 12.1. The Hall–Kier alpha value is -1.16. The van der Waals surface area contributed by atoms with E-state index < -0.39 is 0 Å². The molecule has 0 aromatic heterocycles. The molecule has 22 heavy (non-hydrogen) atoms. The van der Waals surface area contributed by atoms with E-state index >= 15 is 0 Å². The first-order valence-electron chi connectivity index (χ1n) is 6.94. The van der Waals surface area contributed by atoms with Crippen molar-refractivity contribution in [1.82, 2.24) is 0 Å². The highest BCUT2D eigenvalue weighted by atomic mass is 35.5. The van der Waals surface area contributed by atoms with E-state index in [1.54, 1.807) is 30.0 Å². The Morgan fingerprint density at radius 2 is 1.68 bits per heavy atom. The van der Waals surface area contributed by atoms with Crippen molar-refractivity contribution in [2.24, 2.45) is 0 Å². The topological polar surface area (TPSA) is 29.1 Å². The largest absolute Gasteiger partial charge is 0.326 e. The van der Waals surface area contributed by atoms with E-state index in [0.29, 0.717) is 27.4 Å². The predicted molar refractivity (Wildman–Crippen MR) is 96.2 cm³/mol. The molecule has 0 atom stereocenters. The molecule has 0 radical (unpaired) electrons. The number of amides is 1. The van der Waals surface area contributed by atoms with Crippen molar-refractivity contribution in [2.75, 3.05) is 5.32 Å². The van der Waals surface area contributed by atoms with Crippen molar-refractivity contribution < 1.29 is 4.79 Å². The molecule has 0 heterocycles. The molecule has 0 spiro atoms. The van der Waals surface area contributed by atoms with Gasteiger partial charge in [-0.1, -0.05) is 49.2 Å². The van der Waals surface area contributed by atoms with Crippen LogP contribution in [0.15, 0.2) is 47.4 Å². The molecule has 0 fully saturated rings. The Labute approximate surface area is 145 Å². The highest BCUT2D eigenvalue weighted by molar-refractivity contribution is 7.99. The molecule has 2 rings (SSSR count). The van der Waals surface area contributed by atoms with Crippen molar-refractivity contribution in [3.8, 4) is 0 Å². The molecule has 0 aliphatic carbocycles. The van der Waals surface area contributed by atoms with Crippen LogP contribution in [0.2, 0.25) is 10.0 Å². The maximum Gasteiger partial charge on any atom is 0.228 e. The molecular weight excluding hydrogens is 337 g/mol. The monoisotopic (exact) mass is 353 g/mol. The number of carbonyl (C=O) groups is 1. The van der Waals surface area contributed by atoms with Crippen LogP contribution in [0, 0.1) is 0 Å². The van der Waals surface area contributed by atoms with Gasteiger partial charge in [-0.05, 0) is 35.9 Å². The summed E-state index contributed by atoms with van der Waals surface area (Å²) in [6.07, 6.45) is 0.316. The van der Waals surface area contributed by atoms with Gasteiger partial charge in [0.25, 0.3) is 0 Å². The van der Waals surface area contributed by atoms with Gasteiger partial charge in [0.05, 0.1) is 6.42 Å². The van der Waals surface area contributed by atoms with Crippen molar-refractivity contribution in [1.29, 1.82) is 0 Å². The molecule has 2 aromatic rings. The van der Waals surface area contributed by atoms with E-state index in [1.807, 2.05) is 24.3 Å². The minimum Gasteiger partial charge on any atom is -0.326 e. The Bertz CT molecular complexity index is 636. The quantitative estimate of drug-likeness (QED) is 0.701. The lowest BCUT2D eigenvalue weighted by molar-refractivity contribution is -0.115. The van der Waals surface area contributed by atoms with E-state index in [2.05, 4.69) is 19.2 Å². The molecule has 0 aliphatic rings. The molecule has 1 amide bonds. The summed E-state index contributed by atoms with van der Waals surface area (Å²) in [6, 6.07) is 13.0. The van der Waals surface area contributed by atoms with Crippen LogP contribution in [-0.4, -0.2) is 11.2 Å². The molecule has 0 aliphatic heterocycles. The summed E-state index contributed by atoms with van der Waals surface area (Å²) in [7, 11) is 0. The lowest BCUT2D eigenvalue weighted by atomic mass is 10.1. The normalized spacial score (nSPS) is 10.8. The third kappa shape index (κ3) is 5.56. The standard InChI is InChI=1S/C17H17Cl2NOS/c1-11(2)22-16-5-3-12(4-6-16)7-17(21)20-15-9-13(18)8-14(19)10-15/h3-6,8-11H,7H2,1-2H3,(H,20,21). The Morgan fingerprint density at radius 1 is 1.09 bits per heavy atom. The number of hydrogen-bond donors (Lipinski definition) is 1. The van der Waals surface area contributed by atoms with E-state index in [0.717, 1.165) is 5.56 Å². The van der Waals surface area contributed by atoms with Crippen LogP contribution in [0.5, 0.6) is 0 Å². The van der Waals surface area contributed by atoms with Crippen molar-refractivity contribution in [3.05, 3.63) is 58.1 Å². The smallest absolute Gasteiger partial charge is 0.228 e. The van der Waals surface area contributed by atoms with E-state index in [4.69, 9.17) is 23.2 Å². The highest BCUT2D eigenvalue weighted by Crippen LogP contribution is 2.24. The zero-order chi connectivity index (χ0) is 16.1. The summed E-state index contributed by atoms with van der Waals surface area (Å²) >= 11 is 13.6. The first-order valence-corrected chi connectivity index (χ1v) is 8.57. The van der Waals surface area contributed by atoms with Crippen LogP contribution in [0.4, 0.5) is 5.69 Å². The number of thioether (sulfide) groups is 1. The first-order chi connectivity index (χ1) is 10.4.